The van der Waals surface area contributed by atoms with Crippen molar-refractivity contribution in [2.24, 2.45) is 5.92 Å². The Balaban J connectivity index is 2.65. The zero-order valence-corrected chi connectivity index (χ0v) is 16.4. The van der Waals surface area contributed by atoms with Crippen molar-refractivity contribution >= 4 is 24.2 Å². The lowest BCUT2D eigenvalue weighted by Gasteiger charge is -2.33. The molecule has 1 aliphatic carbocycles. The van der Waals surface area contributed by atoms with Crippen molar-refractivity contribution in [1.29, 1.82) is 0 Å². The van der Waals surface area contributed by atoms with E-state index in [4.69, 9.17) is 14.2 Å². The van der Waals surface area contributed by atoms with E-state index >= 15 is 0 Å². The molecule has 0 aromatic rings. The van der Waals surface area contributed by atoms with Crippen LogP contribution >= 0.6 is 0 Å². The predicted octanol–water partition coefficient (Wildman–Crippen LogP) is 1.34. The Morgan fingerprint density at radius 3 is 2.59 bits per heavy atom. The van der Waals surface area contributed by atoms with Crippen LogP contribution in [-0.2, 0) is 33.4 Å². The number of hydrogen-bond donors (Lipinski definition) is 1. The van der Waals surface area contributed by atoms with E-state index in [0.29, 0.717) is 24.7 Å². The third-order valence-corrected chi connectivity index (χ3v) is 4.71. The third-order valence-electron chi connectivity index (χ3n) is 4.71. The molecule has 0 spiro atoms. The number of carbonyl (C=O) groups excluding carboxylic acids is 4. The number of aliphatic hydroxyl groups excluding tert-OH is 1. The second-order valence-corrected chi connectivity index (χ2v) is 6.94. The standard InChI is InChI=1S/C21H24O8/c1-11(2)20(25)29-19-17-12(3)21(26)28-16(17)8-14(9-22)6-5-7-15(10-23)18(19)27-13(4)24/h7-8,10,16-19,22H,1,3,5-6,9H2,2,4H3/b14-8-,15-7+/t16-,17+,18+,19+/m1/s1. The molecule has 1 heterocycles. The molecule has 2 aliphatic rings. The molecule has 2 rings (SSSR count). The van der Waals surface area contributed by atoms with Crippen LogP contribution in [-0.4, -0.2) is 54.2 Å². The molecule has 8 heteroatoms. The van der Waals surface area contributed by atoms with Crippen LogP contribution in [0.1, 0.15) is 26.7 Å². The van der Waals surface area contributed by atoms with E-state index in [0.717, 1.165) is 6.92 Å². The number of carbonyl (C=O) groups is 4. The highest BCUT2D eigenvalue weighted by molar-refractivity contribution is 5.92. The molecular weight excluding hydrogens is 380 g/mol. The fourth-order valence-electron chi connectivity index (χ4n) is 3.28. The Morgan fingerprint density at radius 2 is 2.03 bits per heavy atom. The van der Waals surface area contributed by atoms with Gasteiger partial charge in [0.25, 0.3) is 0 Å². The van der Waals surface area contributed by atoms with Gasteiger partial charge in [0.05, 0.1) is 12.5 Å². The Bertz CT molecular complexity index is 803. The second-order valence-electron chi connectivity index (χ2n) is 6.94. The summed E-state index contributed by atoms with van der Waals surface area (Å²) in [5, 5.41) is 9.61. The van der Waals surface area contributed by atoms with Crippen molar-refractivity contribution in [3.05, 3.63) is 47.6 Å². The number of allylic oxidation sites excluding steroid dienone is 1. The largest absolute Gasteiger partial charge is 0.454 e. The summed E-state index contributed by atoms with van der Waals surface area (Å²) in [5.74, 6) is -3.12. The number of aldehydes is 1. The maximum absolute atomic E-state index is 12.3. The molecule has 1 saturated heterocycles. The van der Waals surface area contributed by atoms with Gasteiger partial charge in [-0.3, -0.25) is 9.59 Å². The fraction of sp³-hybridized carbons (Fsp3) is 0.429. The smallest absolute Gasteiger partial charge is 0.334 e. The number of fused-ring (bicyclic) bond motifs is 1. The molecule has 0 aromatic carbocycles. The zero-order valence-electron chi connectivity index (χ0n) is 16.4. The SMILES string of the molecule is C=C(C)C(=O)O[C@H]1[C@H]2C(=C)C(=O)O[C@@H]2/C=C(\CO)CC/C=C(\C=O)[C@@H]1OC(C)=O. The van der Waals surface area contributed by atoms with Crippen LogP contribution in [0.2, 0.25) is 0 Å². The Hall–Kier alpha value is -3.00. The van der Waals surface area contributed by atoms with Crippen molar-refractivity contribution < 1.29 is 38.5 Å². The molecule has 1 aliphatic heterocycles. The molecule has 0 radical (unpaired) electrons. The van der Waals surface area contributed by atoms with E-state index in [-0.39, 0.29) is 23.3 Å². The minimum atomic E-state index is -1.27. The van der Waals surface area contributed by atoms with E-state index in [9.17, 15) is 24.3 Å². The van der Waals surface area contributed by atoms with Gasteiger partial charge in [-0.05, 0) is 31.4 Å². The molecule has 156 valence electrons. The Labute approximate surface area is 168 Å². The highest BCUT2D eigenvalue weighted by atomic mass is 16.6. The molecule has 0 unspecified atom stereocenters. The molecule has 0 aromatic heterocycles. The summed E-state index contributed by atoms with van der Waals surface area (Å²) in [6.07, 6.45) is 0.932. The zero-order chi connectivity index (χ0) is 21.7. The lowest BCUT2D eigenvalue weighted by Crippen LogP contribution is -2.45. The number of rotatable bonds is 5. The minimum absolute atomic E-state index is 0.00558. The second kappa shape index (κ2) is 9.47. The van der Waals surface area contributed by atoms with Crippen LogP contribution in [0.15, 0.2) is 47.6 Å². The molecule has 0 amide bonds. The van der Waals surface area contributed by atoms with Crippen LogP contribution in [0.4, 0.5) is 0 Å². The number of hydrogen-bond acceptors (Lipinski definition) is 8. The van der Waals surface area contributed by atoms with Crippen molar-refractivity contribution in [3.63, 3.8) is 0 Å². The number of esters is 3. The summed E-state index contributed by atoms with van der Waals surface area (Å²) in [5.41, 5.74) is 0.745. The fourth-order valence-corrected chi connectivity index (χ4v) is 3.28. The van der Waals surface area contributed by atoms with Gasteiger partial charge in [0.2, 0.25) is 0 Å². The van der Waals surface area contributed by atoms with Crippen LogP contribution in [0.25, 0.3) is 0 Å². The first-order chi connectivity index (χ1) is 13.7. The van der Waals surface area contributed by atoms with Gasteiger partial charge in [-0.2, -0.15) is 0 Å². The Morgan fingerprint density at radius 1 is 1.34 bits per heavy atom. The van der Waals surface area contributed by atoms with Crippen LogP contribution in [0.3, 0.4) is 0 Å². The van der Waals surface area contributed by atoms with Gasteiger partial charge in [0, 0.05) is 23.6 Å². The average molecular weight is 404 g/mol. The van der Waals surface area contributed by atoms with Gasteiger partial charge in [-0.15, -0.1) is 0 Å². The molecule has 1 N–H and O–H groups in total. The summed E-state index contributed by atoms with van der Waals surface area (Å²) in [4.78, 5) is 48.0. The molecule has 4 atom stereocenters. The molecule has 0 saturated carbocycles. The summed E-state index contributed by atoms with van der Waals surface area (Å²) in [6, 6.07) is 0. The molecule has 29 heavy (non-hydrogen) atoms. The van der Waals surface area contributed by atoms with Crippen LogP contribution < -0.4 is 0 Å². The molecule has 8 nitrogen and oxygen atoms in total. The maximum atomic E-state index is 12.3. The molecule has 1 fully saturated rings. The monoisotopic (exact) mass is 404 g/mol. The van der Waals surface area contributed by atoms with E-state index in [1.54, 1.807) is 12.2 Å². The van der Waals surface area contributed by atoms with Crippen molar-refractivity contribution in [3.8, 4) is 0 Å². The van der Waals surface area contributed by atoms with Crippen LogP contribution in [0, 0.1) is 5.92 Å². The van der Waals surface area contributed by atoms with Crippen LogP contribution in [0.5, 0.6) is 0 Å². The van der Waals surface area contributed by atoms with Gasteiger partial charge in [-0.25, -0.2) is 9.59 Å². The normalized spacial score (nSPS) is 30.6. The van der Waals surface area contributed by atoms with E-state index in [1.165, 1.54) is 6.92 Å². The van der Waals surface area contributed by atoms with E-state index < -0.39 is 42.1 Å². The maximum Gasteiger partial charge on any atom is 0.334 e. The highest BCUT2D eigenvalue weighted by Gasteiger charge is 2.49. The average Bonchev–Trinajstić information content (AvgIpc) is 2.93. The van der Waals surface area contributed by atoms with Gasteiger partial charge in [-0.1, -0.05) is 19.2 Å². The third kappa shape index (κ3) is 5.08. The topological polar surface area (TPSA) is 116 Å². The summed E-state index contributed by atoms with van der Waals surface area (Å²) < 4.78 is 16.2. The van der Waals surface area contributed by atoms with Crippen molar-refractivity contribution in [2.75, 3.05) is 6.61 Å². The van der Waals surface area contributed by atoms with E-state index in [1.807, 2.05) is 0 Å². The predicted molar refractivity (Wildman–Crippen MR) is 101 cm³/mol. The highest BCUT2D eigenvalue weighted by Crippen LogP contribution is 2.37. The Kier molecular flexibility index (Phi) is 7.28. The summed E-state index contributed by atoms with van der Waals surface area (Å²) in [7, 11) is 0. The quantitative estimate of drug-likeness (QED) is 0.240. The van der Waals surface area contributed by atoms with Gasteiger partial charge in [0.1, 0.15) is 12.4 Å². The number of ether oxygens (including phenoxy) is 3. The minimum Gasteiger partial charge on any atom is -0.454 e. The number of aliphatic hydroxyl groups is 1. The van der Waals surface area contributed by atoms with E-state index in [2.05, 4.69) is 13.2 Å². The van der Waals surface area contributed by atoms with Crippen molar-refractivity contribution in [2.45, 2.75) is 45.0 Å². The lowest BCUT2D eigenvalue weighted by molar-refractivity contribution is -0.166. The lowest BCUT2D eigenvalue weighted by atomic mass is 9.83. The first-order valence-corrected chi connectivity index (χ1v) is 9.08. The summed E-state index contributed by atoms with van der Waals surface area (Å²) >= 11 is 0. The van der Waals surface area contributed by atoms with Crippen molar-refractivity contribution in [1.82, 2.24) is 0 Å². The molecular formula is C21H24O8. The summed E-state index contributed by atoms with van der Waals surface area (Å²) in [6.45, 7) is 9.59. The molecule has 0 bridgehead atoms. The first-order valence-electron chi connectivity index (χ1n) is 9.08. The van der Waals surface area contributed by atoms with Gasteiger partial charge >= 0.3 is 17.9 Å². The first kappa shape index (κ1) is 22.3. The van der Waals surface area contributed by atoms with Gasteiger partial charge in [0.15, 0.2) is 12.2 Å². The van der Waals surface area contributed by atoms with Gasteiger partial charge < -0.3 is 19.3 Å².